The van der Waals surface area contributed by atoms with Gasteiger partial charge in [0.1, 0.15) is 11.3 Å². The van der Waals surface area contributed by atoms with Crippen LogP contribution in [-0.2, 0) is 11.2 Å². The molecule has 2 N–H and O–H groups in total. The molecule has 1 aliphatic heterocycles. The molecule has 0 spiro atoms. The second-order valence-electron chi connectivity index (χ2n) is 11.0. The maximum Gasteiger partial charge on any atom is 0.268 e. The van der Waals surface area contributed by atoms with E-state index in [4.69, 9.17) is 0 Å². The van der Waals surface area contributed by atoms with E-state index < -0.39 is 0 Å². The lowest BCUT2D eigenvalue weighted by Gasteiger charge is -2.48. The number of carbonyl (C=O) groups excluding carboxylic acids is 2. The minimum atomic E-state index is -0.305. The van der Waals surface area contributed by atoms with Gasteiger partial charge in [-0.05, 0) is 67.9 Å². The molecule has 7 nitrogen and oxygen atoms in total. The summed E-state index contributed by atoms with van der Waals surface area (Å²) in [5.74, 6) is 1.57. The van der Waals surface area contributed by atoms with Gasteiger partial charge in [-0.15, -0.1) is 0 Å². The first-order valence-corrected chi connectivity index (χ1v) is 13.2. The van der Waals surface area contributed by atoms with Crippen LogP contribution in [0, 0.1) is 17.3 Å². The molecular formula is C27H38N4O3. The van der Waals surface area contributed by atoms with Crippen molar-refractivity contribution in [1.82, 2.24) is 19.6 Å². The summed E-state index contributed by atoms with van der Waals surface area (Å²) in [6, 6.07) is 5.57. The minimum Gasteiger partial charge on any atom is -0.393 e. The molecule has 2 saturated carbocycles. The number of nitrogens with zero attached hydrogens (tertiary/aromatic N) is 3. The number of fused-ring (bicyclic) bond motifs is 3. The molecule has 0 radical (unpaired) electrons. The molecule has 0 aromatic carbocycles. The smallest absolute Gasteiger partial charge is 0.268 e. The highest BCUT2D eigenvalue weighted by Gasteiger charge is 2.42. The van der Waals surface area contributed by atoms with E-state index in [1.165, 1.54) is 44.9 Å². The van der Waals surface area contributed by atoms with Gasteiger partial charge in [-0.2, -0.15) is 0 Å². The zero-order chi connectivity index (χ0) is 23.7. The van der Waals surface area contributed by atoms with Crippen molar-refractivity contribution in [3.8, 4) is 0 Å². The predicted molar refractivity (Wildman–Crippen MR) is 130 cm³/mol. The topological polar surface area (TPSA) is 86.9 Å². The molecule has 1 saturated heterocycles. The normalized spacial score (nSPS) is 27.6. The number of hydrogen-bond donors (Lipinski definition) is 2. The molecule has 3 fully saturated rings. The summed E-state index contributed by atoms with van der Waals surface area (Å²) in [6.07, 6.45) is 11.9. The number of pyridine rings is 1. The van der Waals surface area contributed by atoms with Gasteiger partial charge in [0.15, 0.2) is 0 Å². The molecule has 2 aliphatic carbocycles. The average Bonchev–Trinajstić information content (AvgIpc) is 3.25. The predicted octanol–water partition coefficient (Wildman–Crippen LogP) is 3.59. The van der Waals surface area contributed by atoms with Crippen LogP contribution in [0.2, 0.25) is 0 Å². The highest BCUT2D eigenvalue weighted by atomic mass is 16.3. The maximum atomic E-state index is 13.3. The number of hydrogen-bond acceptors (Lipinski definition) is 4. The van der Waals surface area contributed by atoms with Gasteiger partial charge in [-0.25, -0.2) is 4.98 Å². The molecule has 2 bridgehead atoms. The Bertz CT molecular complexity index is 1040. The molecule has 3 unspecified atom stereocenters. The first kappa shape index (κ1) is 23.3. The first-order chi connectivity index (χ1) is 16.4. The number of imidazole rings is 1. The summed E-state index contributed by atoms with van der Waals surface area (Å²) < 4.78 is 1.81. The Morgan fingerprint density at radius 3 is 2.82 bits per heavy atom. The number of carbonyl (C=O) groups is 2. The zero-order valence-corrected chi connectivity index (χ0v) is 20.3. The fraction of sp³-hybridized carbons (Fsp3) is 0.667. The number of nitrogens with one attached hydrogen (secondary N) is 1. The van der Waals surface area contributed by atoms with E-state index in [-0.39, 0.29) is 29.8 Å². The largest absolute Gasteiger partial charge is 0.393 e. The Kier molecular flexibility index (Phi) is 6.65. The fourth-order valence-electron chi connectivity index (χ4n) is 6.75. The first-order valence-electron chi connectivity index (χ1n) is 13.2. The van der Waals surface area contributed by atoms with Crippen LogP contribution in [0.4, 0.5) is 0 Å². The third-order valence-corrected chi connectivity index (χ3v) is 8.56. The lowest BCUT2D eigenvalue weighted by Crippen LogP contribution is -2.45. The van der Waals surface area contributed by atoms with E-state index in [1.807, 2.05) is 28.8 Å². The number of piperidine rings is 1. The highest BCUT2D eigenvalue weighted by Crippen LogP contribution is 2.51. The van der Waals surface area contributed by atoms with E-state index in [2.05, 4.69) is 17.2 Å². The van der Waals surface area contributed by atoms with Crippen LogP contribution in [0.25, 0.3) is 5.65 Å². The molecule has 7 heteroatoms. The van der Waals surface area contributed by atoms with E-state index >= 15 is 0 Å². The summed E-state index contributed by atoms with van der Waals surface area (Å²) >= 11 is 0. The van der Waals surface area contributed by atoms with E-state index in [0.717, 1.165) is 18.4 Å². The Labute approximate surface area is 201 Å². The molecule has 2 aromatic heterocycles. The van der Waals surface area contributed by atoms with Crippen LogP contribution in [-0.4, -0.2) is 56.9 Å². The molecule has 3 heterocycles. The summed E-state index contributed by atoms with van der Waals surface area (Å²) in [7, 11) is 0. The van der Waals surface area contributed by atoms with Crippen LogP contribution in [0.1, 0.15) is 80.9 Å². The Balaban J connectivity index is 1.27. The van der Waals surface area contributed by atoms with Crippen LogP contribution >= 0.6 is 0 Å². The third-order valence-electron chi connectivity index (χ3n) is 8.56. The monoisotopic (exact) mass is 466 g/mol. The van der Waals surface area contributed by atoms with Crippen LogP contribution in [0.15, 0.2) is 24.4 Å². The van der Waals surface area contributed by atoms with Gasteiger partial charge >= 0.3 is 0 Å². The lowest BCUT2D eigenvalue weighted by atomic mass is 9.58. The second-order valence-corrected chi connectivity index (χ2v) is 11.0. The van der Waals surface area contributed by atoms with Gasteiger partial charge in [0.25, 0.3) is 5.91 Å². The van der Waals surface area contributed by atoms with Gasteiger partial charge in [-0.1, -0.05) is 32.3 Å². The number of rotatable bonds is 6. The van der Waals surface area contributed by atoms with Crippen LogP contribution in [0.5, 0.6) is 0 Å². The van der Waals surface area contributed by atoms with Crippen LogP contribution in [0.3, 0.4) is 0 Å². The van der Waals surface area contributed by atoms with E-state index in [0.29, 0.717) is 43.0 Å². The van der Waals surface area contributed by atoms with Crippen molar-refractivity contribution in [1.29, 1.82) is 0 Å². The summed E-state index contributed by atoms with van der Waals surface area (Å²) in [5, 5.41) is 13.0. The Hall–Kier alpha value is -2.41. The van der Waals surface area contributed by atoms with Crippen molar-refractivity contribution < 1.29 is 14.7 Å². The Morgan fingerprint density at radius 1 is 1.21 bits per heavy atom. The van der Waals surface area contributed by atoms with Gasteiger partial charge in [0.2, 0.25) is 5.91 Å². The fourth-order valence-corrected chi connectivity index (χ4v) is 6.75. The molecule has 3 atom stereocenters. The van der Waals surface area contributed by atoms with Crippen molar-refractivity contribution in [2.45, 2.75) is 77.2 Å². The van der Waals surface area contributed by atoms with Crippen molar-refractivity contribution in [3.63, 3.8) is 0 Å². The summed E-state index contributed by atoms with van der Waals surface area (Å²) in [5.41, 5.74) is 2.17. The van der Waals surface area contributed by atoms with Gasteiger partial charge in [0, 0.05) is 25.8 Å². The van der Waals surface area contributed by atoms with Gasteiger partial charge < -0.3 is 15.3 Å². The molecule has 184 valence electrons. The van der Waals surface area contributed by atoms with Gasteiger partial charge in [0.05, 0.1) is 18.2 Å². The van der Waals surface area contributed by atoms with Crippen molar-refractivity contribution in [2.24, 2.45) is 17.3 Å². The molecule has 5 rings (SSSR count). The van der Waals surface area contributed by atoms with E-state index in [1.54, 1.807) is 4.90 Å². The molecule has 2 amide bonds. The zero-order valence-electron chi connectivity index (χ0n) is 20.3. The molecule has 2 aromatic rings. The highest BCUT2D eigenvalue weighted by molar-refractivity contribution is 5.93. The van der Waals surface area contributed by atoms with Crippen LogP contribution < -0.4 is 5.32 Å². The molecular weight excluding hydrogens is 428 g/mol. The Morgan fingerprint density at radius 2 is 2.03 bits per heavy atom. The number of aromatic nitrogens is 2. The second kappa shape index (κ2) is 9.68. The van der Waals surface area contributed by atoms with E-state index in [9.17, 15) is 14.7 Å². The number of aliphatic hydroxyl groups excluding tert-OH is 1. The molecule has 34 heavy (non-hydrogen) atoms. The SMILES string of the molecule is CCC1CC2CCCC(CNC(=O)c3cccc4nc(CC(=O)N5CCC(O)CC5)cn34)(C1)C2. The maximum absolute atomic E-state index is 13.3. The number of likely N-dealkylation sites (tertiary alicyclic amines) is 1. The number of aliphatic hydroxyl groups is 1. The standard InChI is InChI=1S/C27H38N4O3/c1-2-19-13-20-5-4-10-27(15-19,16-20)18-28-26(34)23-6-3-7-24-29-21(17-31(23)24)14-25(33)30-11-8-22(32)9-12-30/h3,6-7,17,19-20,22,32H,2,4-5,8-16,18H2,1H3,(H,28,34). The number of amides is 2. The average molecular weight is 467 g/mol. The van der Waals surface area contributed by atoms with Gasteiger partial charge in [-0.3, -0.25) is 14.0 Å². The van der Waals surface area contributed by atoms with Crippen molar-refractivity contribution in [3.05, 3.63) is 35.8 Å². The minimum absolute atomic E-state index is 0.0232. The van der Waals surface area contributed by atoms with Crippen molar-refractivity contribution >= 4 is 17.5 Å². The molecule has 3 aliphatic rings. The summed E-state index contributed by atoms with van der Waals surface area (Å²) in [6.45, 7) is 4.22. The van der Waals surface area contributed by atoms with Crippen molar-refractivity contribution in [2.75, 3.05) is 19.6 Å². The summed E-state index contributed by atoms with van der Waals surface area (Å²) in [4.78, 5) is 32.4. The quantitative estimate of drug-likeness (QED) is 0.681. The third kappa shape index (κ3) is 4.85. The lowest BCUT2D eigenvalue weighted by molar-refractivity contribution is -0.132.